The Morgan fingerprint density at radius 3 is 2.79 bits per heavy atom. The van der Waals surface area contributed by atoms with Gasteiger partial charge in [0.15, 0.2) is 5.65 Å². The second kappa shape index (κ2) is 11.5. The number of hydrogen-bond acceptors (Lipinski definition) is 8. The van der Waals surface area contributed by atoms with Crippen molar-refractivity contribution in [3.63, 3.8) is 0 Å². The minimum atomic E-state index is -3.14. The van der Waals surface area contributed by atoms with Gasteiger partial charge in [0.2, 0.25) is 0 Å². The Morgan fingerprint density at radius 2 is 2.05 bits per heavy atom. The van der Waals surface area contributed by atoms with Crippen LogP contribution in [0.1, 0.15) is 43.6 Å². The number of carbonyl (C=O) groups is 2. The first kappa shape index (κ1) is 29.2. The molecule has 3 aromatic heterocycles. The molecule has 1 aliphatic rings. The molecule has 0 unspecified atom stereocenters. The third-order valence-corrected chi connectivity index (χ3v) is 6.69. The summed E-state index contributed by atoms with van der Waals surface area (Å²) < 4.78 is 39.6. The highest BCUT2D eigenvalue weighted by molar-refractivity contribution is 6.31. The van der Waals surface area contributed by atoms with Gasteiger partial charge in [-0.2, -0.15) is 19.0 Å². The van der Waals surface area contributed by atoms with Crippen molar-refractivity contribution < 1.29 is 33.0 Å². The number of hydrogen-bond donors (Lipinski definition) is 2. The van der Waals surface area contributed by atoms with Crippen molar-refractivity contribution in [2.45, 2.75) is 51.6 Å². The summed E-state index contributed by atoms with van der Waals surface area (Å²) in [5, 5.41) is 22.6. The predicted molar refractivity (Wildman–Crippen MR) is 148 cm³/mol. The Hall–Kier alpha value is -4.30. The number of fused-ring (bicyclic) bond motifs is 1. The average Bonchev–Trinajstić information content (AvgIpc) is 3.53. The van der Waals surface area contributed by atoms with Crippen LogP contribution in [0.3, 0.4) is 0 Å². The number of amides is 2. The van der Waals surface area contributed by atoms with Crippen molar-refractivity contribution in [3.05, 3.63) is 59.6 Å². The molecule has 2 atom stereocenters. The topological polar surface area (TPSA) is 136 Å². The zero-order chi connectivity index (χ0) is 30.2. The number of nitrogens with zero attached hydrogens (tertiary/aromatic N) is 6. The molecule has 2 amide bonds. The fraction of sp³-hybridized carbons (Fsp3) is 0.370. The summed E-state index contributed by atoms with van der Waals surface area (Å²) in [5.74, 6) is -0.824. The lowest BCUT2D eigenvalue weighted by Gasteiger charge is -2.36. The Kier molecular flexibility index (Phi) is 8.01. The number of rotatable bonds is 6. The summed E-state index contributed by atoms with van der Waals surface area (Å²) >= 11 is 6.21. The summed E-state index contributed by atoms with van der Waals surface area (Å²) in [5.41, 5.74) is -0.0446. The lowest BCUT2D eigenvalue weighted by Crippen LogP contribution is -2.48. The van der Waals surface area contributed by atoms with Crippen LogP contribution in [0, 0.1) is 0 Å². The van der Waals surface area contributed by atoms with E-state index in [1.165, 1.54) is 50.9 Å². The molecular weight excluding hydrogens is 576 g/mol. The van der Waals surface area contributed by atoms with E-state index in [-0.39, 0.29) is 52.8 Å². The molecule has 12 nitrogen and oxygen atoms in total. The van der Waals surface area contributed by atoms with E-state index in [2.05, 4.69) is 20.5 Å². The highest BCUT2D eigenvalue weighted by Crippen LogP contribution is 2.38. The van der Waals surface area contributed by atoms with Crippen LogP contribution in [-0.4, -0.2) is 77.8 Å². The van der Waals surface area contributed by atoms with E-state index in [1.54, 1.807) is 33.0 Å². The van der Waals surface area contributed by atoms with Crippen molar-refractivity contribution in [2.24, 2.45) is 0 Å². The summed E-state index contributed by atoms with van der Waals surface area (Å²) in [7, 11) is 0. The maximum Gasteiger partial charge on any atom is 0.410 e. The molecule has 1 fully saturated rings. The van der Waals surface area contributed by atoms with Gasteiger partial charge in [-0.05, 0) is 51.5 Å². The standard InChI is InChI=1S/C27H28ClF2N7O5/c1-27(2,3)42-26(40)35-10-7-20(38)19(14-35)37-13-18(33-24(39)17-12-32-36-9-4-8-31-23(17)36)22(34-37)16-11-15(28)5-6-21(16)41-25(29)30/h4-6,8-9,11-13,19-20,25,38H,7,10,14H2,1-3H3,(H,33,39)/t19-,20-/m1/s1. The first-order chi connectivity index (χ1) is 19.9. The van der Waals surface area contributed by atoms with E-state index >= 15 is 0 Å². The van der Waals surface area contributed by atoms with Gasteiger partial charge in [0.05, 0.1) is 24.0 Å². The third kappa shape index (κ3) is 6.29. The van der Waals surface area contributed by atoms with Gasteiger partial charge in [-0.3, -0.25) is 9.48 Å². The molecule has 15 heteroatoms. The number of alkyl halides is 2. The first-order valence-electron chi connectivity index (χ1n) is 13.0. The molecule has 1 aliphatic heterocycles. The van der Waals surface area contributed by atoms with Crippen LogP contribution in [0.15, 0.2) is 49.1 Å². The Morgan fingerprint density at radius 1 is 1.26 bits per heavy atom. The molecule has 4 heterocycles. The monoisotopic (exact) mass is 603 g/mol. The first-order valence-corrected chi connectivity index (χ1v) is 13.4. The van der Waals surface area contributed by atoms with Crippen LogP contribution in [0.4, 0.5) is 19.3 Å². The zero-order valence-corrected chi connectivity index (χ0v) is 23.6. The second-order valence-corrected chi connectivity index (χ2v) is 11.1. The molecule has 1 aromatic carbocycles. The maximum atomic E-state index is 13.4. The number of aliphatic hydroxyl groups is 1. The van der Waals surface area contributed by atoms with Crippen molar-refractivity contribution in [3.8, 4) is 17.0 Å². The molecule has 2 N–H and O–H groups in total. The van der Waals surface area contributed by atoms with Gasteiger partial charge in [0, 0.05) is 42.3 Å². The smallest absolute Gasteiger partial charge is 0.410 e. The molecule has 42 heavy (non-hydrogen) atoms. The number of ether oxygens (including phenoxy) is 2. The van der Waals surface area contributed by atoms with E-state index in [0.29, 0.717) is 5.65 Å². The largest absolute Gasteiger partial charge is 0.444 e. The Labute approximate surface area is 243 Å². The molecule has 0 bridgehead atoms. The molecule has 0 radical (unpaired) electrons. The normalized spacial score (nSPS) is 17.5. The van der Waals surface area contributed by atoms with E-state index < -0.39 is 36.4 Å². The minimum absolute atomic E-state index is 0.0402. The summed E-state index contributed by atoms with van der Waals surface area (Å²) in [6.45, 7) is 2.40. The van der Waals surface area contributed by atoms with Gasteiger partial charge < -0.3 is 24.8 Å². The maximum absolute atomic E-state index is 13.4. The number of aromatic nitrogens is 5. The fourth-order valence-electron chi connectivity index (χ4n) is 4.59. The van der Waals surface area contributed by atoms with Crippen LogP contribution in [0.2, 0.25) is 5.02 Å². The highest BCUT2D eigenvalue weighted by atomic mass is 35.5. The van der Waals surface area contributed by atoms with Gasteiger partial charge in [-0.1, -0.05) is 11.6 Å². The van der Waals surface area contributed by atoms with Crippen LogP contribution in [0.5, 0.6) is 5.75 Å². The minimum Gasteiger partial charge on any atom is -0.444 e. The van der Waals surface area contributed by atoms with Crippen LogP contribution in [0.25, 0.3) is 16.9 Å². The van der Waals surface area contributed by atoms with Gasteiger partial charge in [-0.25, -0.2) is 14.3 Å². The molecule has 4 aromatic rings. The van der Waals surface area contributed by atoms with E-state index in [9.17, 15) is 23.5 Å². The highest BCUT2D eigenvalue weighted by Gasteiger charge is 2.35. The van der Waals surface area contributed by atoms with E-state index in [4.69, 9.17) is 21.1 Å². The van der Waals surface area contributed by atoms with Crippen LogP contribution < -0.4 is 10.1 Å². The van der Waals surface area contributed by atoms with Crippen molar-refractivity contribution in [2.75, 3.05) is 18.4 Å². The number of carbonyl (C=O) groups excluding carboxylic acids is 2. The lowest BCUT2D eigenvalue weighted by molar-refractivity contribution is -0.0494. The number of halogens is 3. The molecule has 0 saturated carbocycles. The summed E-state index contributed by atoms with van der Waals surface area (Å²) in [4.78, 5) is 31.8. The van der Waals surface area contributed by atoms with Gasteiger partial charge in [0.1, 0.15) is 22.6 Å². The SMILES string of the molecule is CC(C)(C)OC(=O)N1CC[C@@H](O)[C@H](n2cc(NC(=O)c3cnn4cccnc34)c(-c3cc(Cl)ccc3OC(F)F)n2)C1. The molecule has 5 rings (SSSR count). The number of anilines is 1. The third-order valence-electron chi connectivity index (χ3n) is 6.45. The van der Waals surface area contributed by atoms with E-state index in [1.807, 2.05) is 0 Å². The quantitative estimate of drug-likeness (QED) is 0.325. The predicted octanol–water partition coefficient (Wildman–Crippen LogP) is 4.64. The second-order valence-electron chi connectivity index (χ2n) is 10.6. The van der Waals surface area contributed by atoms with Crippen LogP contribution >= 0.6 is 11.6 Å². The van der Waals surface area contributed by atoms with Gasteiger partial charge in [-0.15, -0.1) is 0 Å². The molecule has 0 aliphatic carbocycles. The van der Waals surface area contributed by atoms with Crippen molar-refractivity contribution in [1.29, 1.82) is 0 Å². The zero-order valence-electron chi connectivity index (χ0n) is 22.9. The lowest BCUT2D eigenvalue weighted by atomic mass is 10.0. The van der Waals surface area contributed by atoms with E-state index in [0.717, 1.165) is 0 Å². The Bertz CT molecular complexity index is 1620. The van der Waals surface area contributed by atoms with Crippen LogP contribution in [-0.2, 0) is 4.74 Å². The van der Waals surface area contributed by atoms with Gasteiger partial charge in [0.25, 0.3) is 5.91 Å². The molecular formula is C27H28ClF2N7O5. The summed E-state index contributed by atoms with van der Waals surface area (Å²) in [6.07, 6.45) is 4.69. The van der Waals surface area contributed by atoms with Gasteiger partial charge >= 0.3 is 12.7 Å². The number of likely N-dealkylation sites (tertiary alicyclic amines) is 1. The van der Waals surface area contributed by atoms with Crippen molar-refractivity contribution in [1.82, 2.24) is 29.3 Å². The number of benzene rings is 1. The fourth-order valence-corrected chi connectivity index (χ4v) is 4.76. The molecule has 1 saturated heterocycles. The Balaban J connectivity index is 1.55. The number of piperidine rings is 1. The number of aliphatic hydroxyl groups excluding tert-OH is 1. The summed E-state index contributed by atoms with van der Waals surface area (Å²) in [6, 6.07) is 4.93. The number of nitrogens with one attached hydrogen (secondary N) is 1. The molecule has 222 valence electrons. The molecule has 0 spiro atoms. The average molecular weight is 604 g/mol. The van der Waals surface area contributed by atoms with Crippen molar-refractivity contribution >= 4 is 34.9 Å².